The van der Waals surface area contributed by atoms with Crippen LogP contribution in [-0.4, -0.2) is 47.8 Å². The lowest BCUT2D eigenvalue weighted by Crippen LogP contribution is -2.32. The number of aryl methyl sites for hydroxylation is 1. The highest BCUT2D eigenvalue weighted by atomic mass is 35.5. The number of aromatic nitrogens is 2. The van der Waals surface area contributed by atoms with E-state index in [1.165, 1.54) is 0 Å². The molecule has 0 saturated heterocycles. The highest BCUT2D eigenvalue weighted by molar-refractivity contribution is 5.94. The van der Waals surface area contributed by atoms with Gasteiger partial charge in [-0.25, -0.2) is 4.68 Å². The van der Waals surface area contributed by atoms with Crippen molar-refractivity contribution in [2.45, 2.75) is 6.92 Å². The number of benzene rings is 1. The molecule has 1 amide bonds. The van der Waals surface area contributed by atoms with Crippen molar-refractivity contribution in [3.63, 3.8) is 0 Å². The smallest absolute Gasteiger partial charge is 0.253 e. The number of halogens is 1. The molecule has 0 spiro atoms. The number of hydrogen-bond acceptors (Lipinski definition) is 3. The molecule has 1 heterocycles. The average Bonchev–Trinajstić information content (AvgIpc) is 2.90. The standard InChI is InChI=1S/C15H20N4O.ClH/c1-12-8-9-17-19(12)14-6-4-13(5-7-14)15(20)18(3)11-10-16-2;/h4-9,16H,10-11H2,1-3H3;1H. The van der Waals surface area contributed by atoms with Crippen molar-refractivity contribution in [2.75, 3.05) is 27.2 Å². The van der Waals surface area contributed by atoms with Crippen LogP contribution >= 0.6 is 12.4 Å². The summed E-state index contributed by atoms with van der Waals surface area (Å²) >= 11 is 0. The molecular weight excluding hydrogens is 288 g/mol. The third-order valence-electron chi connectivity index (χ3n) is 3.23. The Balaban J connectivity index is 0.00000220. The zero-order valence-corrected chi connectivity index (χ0v) is 13.4. The van der Waals surface area contributed by atoms with Crippen LogP contribution < -0.4 is 5.32 Å². The van der Waals surface area contributed by atoms with Crippen molar-refractivity contribution in [1.29, 1.82) is 0 Å². The summed E-state index contributed by atoms with van der Waals surface area (Å²) in [6, 6.07) is 9.46. The minimum Gasteiger partial charge on any atom is -0.340 e. The summed E-state index contributed by atoms with van der Waals surface area (Å²) in [5.41, 5.74) is 2.72. The van der Waals surface area contributed by atoms with Gasteiger partial charge in [0.2, 0.25) is 0 Å². The second kappa shape index (κ2) is 7.81. The summed E-state index contributed by atoms with van der Waals surface area (Å²) < 4.78 is 1.85. The molecule has 2 aromatic rings. The molecule has 5 nitrogen and oxygen atoms in total. The molecule has 2 rings (SSSR count). The van der Waals surface area contributed by atoms with Gasteiger partial charge in [0.15, 0.2) is 0 Å². The monoisotopic (exact) mass is 308 g/mol. The molecule has 0 fully saturated rings. The van der Waals surface area contributed by atoms with Crippen molar-refractivity contribution in [2.24, 2.45) is 0 Å². The molecule has 0 bridgehead atoms. The van der Waals surface area contributed by atoms with E-state index in [0.717, 1.165) is 17.9 Å². The Kier molecular flexibility index (Phi) is 6.39. The molecular formula is C15H21ClN4O. The van der Waals surface area contributed by atoms with Crippen molar-refractivity contribution in [1.82, 2.24) is 20.0 Å². The molecule has 1 aromatic heterocycles. The van der Waals surface area contributed by atoms with Gasteiger partial charge in [0.25, 0.3) is 5.91 Å². The van der Waals surface area contributed by atoms with Gasteiger partial charge in [-0.05, 0) is 44.3 Å². The SMILES string of the molecule is CNCCN(C)C(=O)c1ccc(-n2nccc2C)cc1.Cl. The number of hydrogen-bond donors (Lipinski definition) is 1. The normalized spacial score (nSPS) is 10.0. The molecule has 114 valence electrons. The molecule has 0 saturated carbocycles. The predicted octanol–water partition coefficient (Wildman–Crippen LogP) is 1.89. The Bertz CT molecular complexity index is 580. The van der Waals surface area contributed by atoms with Gasteiger partial charge in [0.05, 0.1) is 5.69 Å². The van der Waals surface area contributed by atoms with E-state index in [2.05, 4.69) is 10.4 Å². The first-order valence-corrected chi connectivity index (χ1v) is 6.64. The lowest BCUT2D eigenvalue weighted by Gasteiger charge is -2.17. The van der Waals surface area contributed by atoms with Crippen molar-refractivity contribution in [3.05, 3.63) is 47.8 Å². The van der Waals surface area contributed by atoms with Gasteiger partial charge >= 0.3 is 0 Å². The van der Waals surface area contributed by atoms with Gasteiger partial charge in [-0.15, -0.1) is 12.4 Å². The molecule has 0 aliphatic heterocycles. The number of amides is 1. The third-order valence-corrected chi connectivity index (χ3v) is 3.23. The number of likely N-dealkylation sites (N-methyl/N-ethyl adjacent to an activating group) is 2. The molecule has 6 heteroatoms. The average molecular weight is 309 g/mol. The summed E-state index contributed by atoms with van der Waals surface area (Å²) in [5, 5.41) is 7.28. The van der Waals surface area contributed by atoms with Crippen molar-refractivity contribution < 1.29 is 4.79 Å². The fourth-order valence-electron chi connectivity index (χ4n) is 1.99. The van der Waals surface area contributed by atoms with E-state index in [1.807, 2.05) is 56.0 Å². The summed E-state index contributed by atoms with van der Waals surface area (Å²) in [6.45, 7) is 3.47. The second-order valence-corrected chi connectivity index (χ2v) is 4.76. The van der Waals surface area contributed by atoms with Crippen LogP contribution in [0.4, 0.5) is 0 Å². The molecule has 1 aromatic carbocycles. The lowest BCUT2D eigenvalue weighted by molar-refractivity contribution is 0.0797. The number of carbonyl (C=O) groups is 1. The van der Waals surface area contributed by atoms with Crippen LogP contribution in [0, 0.1) is 6.92 Å². The lowest BCUT2D eigenvalue weighted by atomic mass is 10.2. The first kappa shape index (κ1) is 17.2. The summed E-state index contributed by atoms with van der Waals surface area (Å²) in [4.78, 5) is 13.9. The van der Waals surface area contributed by atoms with Gasteiger partial charge in [0.1, 0.15) is 0 Å². The largest absolute Gasteiger partial charge is 0.340 e. The second-order valence-electron chi connectivity index (χ2n) is 4.76. The van der Waals surface area contributed by atoms with Crippen LogP contribution in [0.15, 0.2) is 36.5 Å². The topological polar surface area (TPSA) is 50.2 Å². The molecule has 0 aliphatic rings. The minimum absolute atomic E-state index is 0. The predicted molar refractivity (Wildman–Crippen MR) is 86.4 cm³/mol. The Morgan fingerprint density at radius 2 is 1.95 bits per heavy atom. The summed E-state index contributed by atoms with van der Waals surface area (Å²) in [6.07, 6.45) is 1.76. The van der Waals surface area contributed by atoms with E-state index in [-0.39, 0.29) is 18.3 Å². The van der Waals surface area contributed by atoms with Crippen molar-refractivity contribution >= 4 is 18.3 Å². The number of carbonyl (C=O) groups excluding carboxylic acids is 1. The van der Waals surface area contributed by atoms with Crippen LogP contribution in [0.1, 0.15) is 16.1 Å². The first-order chi connectivity index (χ1) is 9.63. The molecule has 0 unspecified atom stereocenters. The van der Waals surface area contributed by atoms with Crippen molar-refractivity contribution in [3.8, 4) is 5.69 Å². The highest BCUT2D eigenvalue weighted by Gasteiger charge is 2.11. The number of rotatable bonds is 5. The van der Waals surface area contributed by atoms with E-state index in [0.29, 0.717) is 12.1 Å². The molecule has 21 heavy (non-hydrogen) atoms. The van der Waals surface area contributed by atoms with E-state index < -0.39 is 0 Å². The van der Waals surface area contributed by atoms with Gasteiger partial charge in [0, 0.05) is 37.6 Å². The summed E-state index contributed by atoms with van der Waals surface area (Å²) in [7, 11) is 3.69. The molecule has 0 aliphatic carbocycles. The molecule has 0 atom stereocenters. The zero-order valence-electron chi connectivity index (χ0n) is 12.5. The Hall–Kier alpha value is -1.85. The first-order valence-electron chi connectivity index (χ1n) is 6.64. The quantitative estimate of drug-likeness (QED) is 0.918. The maximum atomic E-state index is 12.2. The maximum absolute atomic E-state index is 12.2. The van der Waals surface area contributed by atoms with Gasteiger partial charge in [-0.1, -0.05) is 0 Å². The number of nitrogens with one attached hydrogen (secondary N) is 1. The van der Waals surface area contributed by atoms with E-state index >= 15 is 0 Å². The van der Waals surface area contributed by atoms with Gasteiger partial charge in [-0.2, -0.15) is 5.10 Å². The number of nitrogens with zero attached hydrogens (tertiary/aromatic N) is 3. The van der Waals surface area contributed by atoms with Crippen LogP contribution in [0.5, 0.6) is 0 Å². The van der Waals surface area contributed by atoms with E-state index in [4.69, 9.17) is 0 Å². The fourth-order valence-corrected chi connectivity index (χ4v) is 1.99. The van der Waals surface area contributed by atoms with Gasteiger partial charge < -0.3 is 10.2 Å². The van der Waals surface area contributed by atoms with Gasteiger partial charge in [-0.3, -0.25) is 4.79 Å². The fraction of sp³-hybridized carbons (Fsp3) is 0.333. The third kappa shape index (κ3) is 4.06. The van der Waals surface area contributed by atoms with E-state index in [1.54, 1.807) is 11.1 Å². The zero-order chi connectivity index (χ0) is 14.5. The van der Waals surface area contributed by atoms with Crippen LogP contribution in [0.2, 0.25) is 0 Å². The van der Waals surface area contributed by atoms with Crippen LogP contribution in [0.3, 0.4) is 0 Å². The Morgan fingerprint density at radius 1 is 1.29 bits per heavy atom. The minimum atomic E-state index is 0. The maximum Gasteiger partial charge on any atom is 0.253 e. The summed E-state index contributed by atoms with van der Waals surface area (Å²) in [5.74, 6) is 0.0315. The van der Waals surface area contributed by atoms with E-state index in [9.17, 15) is 4.79 Å². The molecule has 0 radical (unpaired) electrons. The van der Waals surface area contributed by atoms with Crippen LogP contribution in [-0.2, 0) is 0 Å². The van der Waals surface area contributed by atoms with Crippen LogP contribution in [0.25, 0.3) is 5.69 Å². The molecule has 1 N–H and O–H groups in total. The Morgan fingerprint density at radius 3 is 2.48 bits per heavy atom. The highest BCUT2D eigenvalue weighted by Crippen LogP contribution is 2.12. The Labute approximate surface area is 131 Å².